The lowest BCUT2D eigenvalue weighted by molar-refractivity contribution is 0.627. The monoisotopic (exact) mass is 417 g/mol. The summed E-state index contributed by atoms with van der Waals surface area (Å²) in [5, 5.41) is 4.61. The summed E-state index contributed by atoms with van der Waals surface area (Å²) in [5.74, 6) is 0.849. The first kappa shape index (κ1) is 15.9. The molecule has 0 radical (unpaired) electrons. The number of hydrogen-bond acceptors (Lipinski definition) is 3. The third-order valence-corrected chi connectivity index (χ3v) is 5.53. The van der Waals surface area contributed by atoms with Crippen molar-refractivity contribution in [2.75, 3.05) is 5.73 Å². The van der Waals surface area contributed by atoms with Crippen LogP contribution in [0.4, 0.5) is 5.69 Å². The molecule has 0 saturated carbocycles. The summed E-state index contributed by atoms with van der Waals surface area (Å²) in [6, 6.07) is 5.94. The van der Waals surface area contributed by atoms with Gasteiger partial charge in [-0.05, 0) is 47.5 Å². The Labute approximate surface area is 140 Å². The van der Waals surface area contributed by atoms with Crippen LogP contribution < -0.4 is 5.73 Å². The minimum Gasteiger partial charge on any atom is -0.398 e. The standard InChI is InChI=1S/C14H17Br2N3S/c1-3-11-14(16)12(19(4-2)18-11)8-20-13-7-9(15)5-6-10(13)17/h5-7H,3-4,8,17H2,1-2H3. The summed E-state index contributed by atoms with van der Waals surface area (Å²) < 4.78 is 4.24. The van der Waals surface area contributed by atoms with Crippen molar-refractivity contribution in [1.29, 1.82) is 0 Å². The molecule has 0 saturated heterocycles. The van der Waals surface area contributed by atoms with Crippen LogP contribution in [0, 0.1) is 0 Å². The minimum atomic E-state index is 0.813. The lowest BCUT2D eigenvalue weighted by atomic mass is 10.3. The first-order valence-corrected chi connectivity index (χ1v) is 9.05. The second-order valence-electron chi connectivity index (χ2n) is 4.35. The third kappa shape index (κ3) is 3.40. The van der Waals surface area contributed by atoms with Crippen LogP contribution in [0.15, 0.2) is 32.0 Å². The molecule has 20 heavy (non-hydrogen) atoms. The van der Waals surface area contributed by atoms with Gasteiger partial charge in [0.2, 0.25) is 0 Å². The van der Waals surface area contributed by atoms with Crippen molar-refractivity contribution in [3.8, 4) is 0 Å². The fourth-order valence-corrected chi connectivity index (χ4v) is 4.37. The molecule has 0 fully saturated rings. The molecule has 1 aromatic carbocycles. The molecule has 0 atom stereocenters. The van der Waals surface area contributed by atoms with E-state index in [0.29, 0.717) is 0 Å². The largest absolute Gasteiger partial charge is 0.398 e. The molecule has 2 N–H and O–H groups in total. The van der Waals surface area contributed by atoms with Gasteiger partial charge >= 0.3 is 0 Å². The first-order valence-electron chi connectivity index (χ1n) is 6.48. The van der Waals surface area contributed by atoms with Crippen LogP contribution in [0.5, 0.6) is 0 Å². The smallest absolute Gasteiger partial charge is 0.0767 e. The van der Waals surface area contributed by atoms with Gasteiger partial charge in [-0.3, -0.25) is 4.68 Å². The Morgan fingerprint density at radius 1 is 1.30 bits per heavy atom. The van der Waals surface area contributed by atoms with E-state index in [1.54, 1.807) is 11.8 Å². The zero-order chi connectivity index (χ0) is 14.7. The van der Waals surface area contributed by atoms with Gasteiger partial charge < -0.3 is 5.73 Å². The van der Waals surface area contributed by atoms with E-state index in [1.807, 2.05) is 12.1 Å². The van der Waals surface area contributed by atoms with Crippen molar-refractivity contribution < 1.29 is 0 Å². The van der Waals surface area contributed by atoms with Crippen molar-refractivity contribution >= 4 is 49.3 Å². The predicted molar refractivity (Wildman–Crippen MR) is 93.1 cm³/mol. The predicted octanol–water partition coefficient (Wildman–Crippen LogP) is 4.86. The summed E-state index contributed by atoms with van der Waals surface area (Å²) in [4.78, 5) is 1.09. The lowest BCUT2D eigenvalue weighted by Crippen LogP contribution is -2.02. The summed E-state index contributed by atoms with van der Waals surface area (Å²) >= 11 is 8.89. The molecule has 3 nitrogen and oxygen atoms in total. The molecular weight excluding hydrogens is 402 g/mol. The van der Waals surface area contributed by atoms with Crippen LogP contribution in [-0.2, 0) is 18.7 Å². The maximum Gasteiger partial charge on any atom is 0.0767 e. The summed E-state index contributed by atoms with van der Waals surface area (Å²) in [5.41, 5.74) is 9.16. The first-order chi connectivity index (χ1) is 9.56. The number of nitrogens with zero attached hydrogens (tertiary/aromatic N) is 2. The molecule has 108 valence electrons. The molecular formula is C14H17Br2N3S. The Balaban J connectivity index is 2.22. The molecule has 1 heterocycles. The van der Waals surface area contributed by atoms with Gasteiger partial charge in [-0.1, -0.05) is 22.9 Å². The van der Waals surface area contributed by atoms with Crippen molar-refractivity contribution in [3.63, 3.8) is 0 Å². The van der Waals surface area contributed by atoms with E-state index < -0.39 is 0 Å². The highest BCUT2D eigenvalue weighted by Gasteiger charge is 2.14. The molecule has 6 heteroatoms. The van der Waals surface area contributed by atoms with Crippen molar-refractivity contribution in [3.05, 3.63) is 38.5 Å². The van der Waals surface area contributed by atoms with E-state index >= 15 is 0 Å². The molecule has 0 unspecified atom stereocenters. The van der Waals surface area contributed by atoms with Crippen molar-refractivity contribution in [2.24, 2.45) is 0 Å². The molecule has 0 aliphatic carbocycles. The van der Waals surface area contributed by atoms with Crippen LogP contribution in [0.2, 0.25) is 0 Å². The van der Waals surface area contributed by atoms with Crippen LogP contribution in [0.1, 0.15) is 25.2 Å². The normalized spacial score (nSPS) is 11.0. The van der Waals surface area contributed by atoms with E-state index in [2.05, 4.69) is 61.6 Å². The van der Waals surface area contributed by atoms with E-state index in [4.69, 9.17) is 5.73 Å². The molecule has 1 aromatic heterocycles. The summed E-state index contributed by atoms with van der Waals surface area (Å²) in [6.07, 6.45) is 0.935. The van der Waals surface area contributed by atoms with Gasteiger partial charge in [0.05, 0.1) is 15.9 Å². The molecule has 0 bridgehead atoms. The number of halogens is 2. The van der Waals surface area contributed by atoms with E-state index in [0.717, 1.165) is 43.9 Å². The highest BCUT2D eigenvalue weighted by atomic mass is 79.9. The zero-order valence-electron chi connectivity index (χ0n) is 11.5. The topological polar surface area (TPSA) is 43.8 Å². The average Bonchev–Trinajstić information content (AvgIpc) is 2.75. The highest BCUT2D eigenvalue weighted by molar-refractivity contribution is 9.10. The van der Waals surface area contributed by atoms with Gasteiger partial charge in [0.1, 0.15) is 0 Å². The number of nitrogen functional groups attached to an aromatic ring is 1. The van der Waals surface area contributed by atoms with Gasteiger partial charge in [0.25, 0.3) is 0 Å². The number of benzene rings is 1. The molecule has 0 spiro atoms. The average molecular weight is 419 g/mol. The molecule has 2 rings (SSSR count). The lowest BCUT2D eigenvalue weighted by Gasteiger charge is -2.08. The van der Waals surface area contributed by atoms with Crippen LogP contribution in [0.25, 0.3) is 0 Å². The SMILES string of the molecule is CCc1nn(CC)c(CSc2cc(Br)ccc2N)c1Br. The Morgan fingerprint density at radius 2 is 2.05 bits per heavy atom. The van der Waals surface area contributed by atoms with E-state index in [1.165, 1.54) is 5.69 Å². The number of nitrogens with two attached hydrogens (primary N) is 1. The number of aromatic nitrogens is 2. The Hall–Kier alpha value is -0.460. The number of aryl methyl sites for hydroxylation is 2. The van der Waals surface area contributed by atoms with Crippen molar-refractivity contribution in [2.45, 2.75) is 37.5 Å². The maximum absolute atomic E-state index is 6.02. The number of rotatable bonds is 5. The molecule has 2 aromatic rings. The molecule has 0 aliphatic heterocycles. The fraction of sp³-hybridized carbons (Fsp3) is 0.357. The maximum atomic E-state index is 6.02. The quantitative estimate of drug-likeness (QED) is 0.556. The van der Waals surface area contributed by atoms with Crippen molar-refractivity contribution in [1.82, 2.24) is 9.78 Å². The van der Waals surface area contributed by atoms with Gasteiger partial charge in [-0.25, -0.2) is 0 Å². The highest BCUT2D eigenvalue weighted by Crippen LogP contribution is 2.33. The van der Waals surface area contributed by atoms with Gasteiger partial charge in [-0.15, -0.1) is 11.8 Å². The Bertz CT molecular complexity index is 611. The Morgan fingerprint density at radius 3 is 2.70 bits per heavy atom. The molecule has 0 aliphatic rings. The van der Waals surface area contributed by atoms with Crippen LogP contribution in [-0.4, -0.2) is 9.78 Å². The number of thioether (sulfide) groups is 1. The zero-order valence-corrected chi connectivity index (χ0v) is 15.5. The Kier molecular flexibility index (Phi) is 5.57. The van der Waals surface area contributed by atoms with Gasteiger partial charge in [0.15, 0.2) is 0 Å². The third-order valence-electron chi connectivity index (χ3n) is 3.03. The van der Waals surface area contributed by atoms with E-state index in [-0.39, 0.29) is 0 Å². The fourth-order valence-electron chi connectivity index (χ4n) is 1.93. The number of anilines is 1. The second kappa shape index (κ2) is 7.00. The van der Waals surface area contributed by atoms with Crippen LogP contribution >= 0.6 is 43.6 Å². The van der Waals surface area contributed by atoms with E-state index in [9.17, 15) is 0 Å². The minimum absolute atomic E-state index is 0.813. The summed E-state index contributed by atoms with van der Waals surface area (Å²) in [7, 11) is 0. The van der Waals surface area contributed by atoms with Gasteiger partial charge in [0, 0.05) is 27.4 Å². The van der Waals surface area contributed by atoms with Crippen LogP contribution in [0.3, 0.4) is 0 Å². The second-order valence-corrected chi connectivity index (χ2v) is 7.07. The van der Waals surface area contributed by atoms with Gasteiger partial charge in [-0.2, -0.15) is 5.10 Å². The number of hydrogen-bond donors (Lipinski definition) is 1. The molecule has 0 amide bonds. The summed E-state index contributed by atoms with van der Waals surface area (Å²) in [6.45, 7) is 5.11.